The van der Waals surface area contributed by atoms with Crippen molar-refractivity contribution in [3.05, 3.63) is 21.7 Å². The van der Waals surface area contributed by atoms with Crippen molar-refractivity contribution in [2.24, 2.45) is 4.99 Å². The zero-order chi connectivity index (χ0) is 17.3. The van der Waals surface area contributed by atoms with E-state index in [0.717, 1.165) is 19.3 Å². The number of unbranched alkanes of at least 4 members (excludes halogenated alkanes) is 2. The Balaban J connectivity index is 2.12. The molecule has 0 radical (unpaired) electrons. The maximum absolute atomic E-state index is 12.8. The molecule has 3 heterocycles. The highest BCUT2D eigenvalue weighted by atomic mass is 79.9. The molecule has 128 valence electrons. The molecule has 3 rings (SSSR count). The summed E-state index contributed by atoms with van der Waals surface area (Å²) >= 11 is 3.37. The Morgan fingerprint density at radius 1 is 1.33 bits per heavy atom. The van der Waals surface area contributed by atoms with Crippen LogP contribution < -0.4 is 5.56 Å². The Morgan fingerprint density at radius 2 is 2.12 bits per heavy atom. The summed E-state index contributed by atoms with van der Waals surface area (Å²) < 4.78 is 4.07. The first-order valence-corrected chi connectivity index (χ1v) is 8.76. The van der Waals surface area contributed by atoms with Crippen molar-refractivity contribution >= 4 is 38.1 Å². The van der Waals surface area contributed by atoms with Crippen LogP contribution in [0.15, 0.2) is 9.79 Å². The maximum atomic E-state index is 12.8. The lowest BCUT2D eigenvalue weighted by atomic mass is 10.2. The molecule has 8 nitrogen and oxygen atoms in total. The Morgan fingerprint density at radius 3 is 2.83 bits per heavy atom. The summed E-state index contributed by atoms with van der Waals surface area (Å²) in [5.74, 6) is 0.517. The quantitative estimate of drug-likeness (QED) is 0.722. The van der Waals surface area contributed by atoms with Crippen LogP contribution in [0.25, 0.3) is 5.78 Å². The van der Waals surface area contributed by atoms with Gasteiger partial charge >= 0.3 is 5.97 Å². The van der Waals surface area contributed by atoms with Gasteiger partial charge in [0, 0.05) is 19.4 Å². The average molecular weight is 396 g/mol. The van der Waals surface area contributed by atoms with Gasteiger partial charge in [-0.2, -0.15) is 0 Å². The molecule has 0 aliphatic carbocycles. The fourth-order valence-corrected chi connectivity index (χ4v) is 3.32. The number of hydrogen-bond donors (Lipinski definition) is 1. The number of carboxylic acid groups (broad SMARTS) is 1. The van der Waals surface area contributed by atoms with Crippen molar-refractivity contribution in [2.45, 2.75) is 52.0 Å². The highest BCUT2D eigenvalue weighted by Gasteiger charge is 2.25. The third-order valence-corrected chi connectivity index (χ3v) is 4.50. The van der Waals surface area contributed by atoms with E-state index in [-0.39, 0.29) is 18.4 Å². The molecule has 0 spiro atoms. The minimum atomic E-state index is -0.928. The number of aliphatic imine (C=N–C) groups is 1. The van der Waals surface area contributed by atoms with Crippen molar-refractivity contribution in [3.8, 4) is 0 Å². The van der Waals surface area contributed by atoms with Crippen molar-refractivity contribution in [3.63, 3.8) is 0 Å². The molecule has 9 heteroatoms. The number of aromatic nitrogens is 4. The van der Waals surface area contributed by atoms with Gasteiger partial charge < -0.3 is 5.11 Å². The monoisotopic (exact) mass is 395 g/mol. The van der Waals surface area contributed by atoms with Gasteiger partial charge in [-0.25, -0.2) is 9.39 Å². The molecule has 1 N–H and O–H groups in total. The summed E-state index contributed by atoms with van der Waals surface area (Å²) in [4.78, 5) is 28.1. The van der Waals surface area contributed by atoms with Gasteiger partial charge in [0.15, 0.2) is 0 Å². The normalized spacial score (nSPS) is 13.3. The van der Waals surface area contributed by atoms with Crippen molar-refractivity contribution in [2.75, 3.05) is 0 Å². The standard InChI is InChI=1S/C15H18BrN5O3/c1-2-3-4-7-20-13-9(8-10(16)17-13)14(24)21-11(5-6-12(22)23)18-19-15(20)21/h2-8H2,1H3,(H,22,23). The maximum Gasteiger partial charge on any atom is 0.303 e. The number of halogens is 1. The first kappa shape index (κ1) is 16.8. The molecule has 1 aliphatic heterocycles. The van der Waals surface area contributed by atoms with Gasteiger partial charge in [-0.15, -0.1) is 10.2 Å². The summed E-state index contributed by atoms with van der Waals surface area (Å²) in [5, 5.41) is 17.1. The predicted molar refractivity (Wildman–Crippen MR) is 92.5 cm³/mol. The van der Waals surface area contributed by atoms with Crippen LogP contribution in [0.2, 0.25) is 0 Å². The molecule has 0 saturated carbocycles. The number of nitrogens with zero attached hydrogens (tertiary/aromatic N) is 5. The van der Waals surface area contributed by atoms with E-state index in [9.17, 15) is 9.59 Å². The number of aryl methyl sites for hydroxylation is 2. The first-order valence-electron chi connectivity index (χ1n) is 7.97. The number of hydrogen-bond acceptors (Lipinski definition) is 5. The Kier molecular flexibility index (Phi) is 4.79. The van der Waals surface area contributed by atoms with Crippen molar-refractivity contribution < 1.29 is 9.90 Å². The van der Waals surface area contributed by atoms with E-state index in [1.165, 1.54) is 4.40 Å². The molecule has 0 bridgehead atoms. The lowest BCUT2D eigenvalue weighted by molar-refractivity contribution is -0.137. The minimum Gasteiger partial charge on any atom is -0.481 e. The van der Waals surface area contributed by atoms with Crippen molar-refractivity contribution in [1.29, 1.82) is 0 Å². The van der Waals surface area contributed by atoms with E-state index >= 15 is 0 Å². The highest BCUT2D eigenvalue weighted by molar-refractivity contribution is 9.18. The Bertz CT molecular complexity index is 883. The summed E-state index contributed by atoms with van der Waals surface area (Å²) in [6.45, 7) is 2.82. The van der Waals surface area contributed by atoms with Gasteiger partial charge in [-0.1, -0.05) is 19.8 Å². The van der Waals surface area contributed by atoms with Crippen molar-refractivity contribution in [1.82, 2.24) is 19.2 Å². The fraction of sp³-hybridized carbons (Fsp3) is 0.533. The number of rotatable bonds is 7. The van der Waals surface area contributed by atoms with Crippen LogP contribution in [0.3, 0.4) is 0 Å². The number of carboxylic acids is 1. The molecular weight excluding hydrogens is 378 g/mol. The smallest absolute Gasteiger partial charge is 0.303 e. The summed E-state index contributed by atoms with van der Waals surface area (Å²) in [6, 6.07) is 0. The van der Waals surface area contributed by atoms with E-state index in [2.05, 4.69) is 38.0 Å². The third-order valence-electron chi connectivity index (χ3n) is 4.04. The molecule has 0 unspecified atom stereocenters. The van der Waals surface area contributed by atoms with Gasteiger partial charge in [-0.05, 0) is 22.4 Å². The average Bonchev–Trinajstić information content (AvgIpc) is 3.12. The topological polar surface area (TPSA) is 102 Å². The van der Waals surface area contributed by atoms with Crippen LogP contribution in [0, 0.1) is 0 Å². The lowest BCUT2D eigenvalue weighted by Gasteiger charge is -2.12. The van der Waals surface area contributed by atoms with Crippen LogP contribution >= 0.6 is 15.9 Å². The zero-order valence-corrected chi connectivity index (χ0v) is 14.9. The van der Waals surface area contributed by atoms with Gasteiger partial charge in [0.2, 0.25) is 5.78 Å². The van der Waals surface area contributed by atoms with Gasteiger partial charge in [0.25, 0.3) is 5.56 Å². The predicted octanol–water partition coefficient (Wildman–Crippen LogP) is 2.08. The van der Waals surface area contributed by atoms with E-state index in [1.54, 1.807) is 0 Å². The minimum absolute atomic E-state index is 0.0899. The fourth-order valence-electron chi connectivity index (χ4n) is 2.87. The number of fused-ring (bicyclic) bond motifs is 2. The SMILES string of the molecule is CCCCCn1c2c(c(=O)n3c(CCC(=O)O)nnc13)CC(Br)=N2. The molecule has 0 fully saturated rings. The molecule has 2 aromatic heterocycles. The van der Waals surface area contributed by atoms with Crippen LogP contribution in [-0.2, 0) is 24.2 Å². The largest absolute Gasteiger partial charge is 0.481 e. The van der Waals surface area contributed by atoms with E-state index in [1.807, 2.05) is 4.57 Å². The third kappa shape index (κ3) is 3.00. The molecular formula is C15H18BrN5O3. The second-order valence-electron chi connectivity index (χ2n) is 5.78. The van der Waals surface area contributed by atoms with E-state index in [4.69, 9.17) is 5.11 Å². The van der Waals surface area contributed by atoms with Crippen LogP contribution in [0.5, 0.6) is 0 Å². The Labute approximate surface area is 146 Å². The van der Waals surface area contributed by atoms with Gasteiger partial charge in [-0.3, -0.25) is 14.2 Å². The van der Waals surface area contributed by atoms with Crippen LogP contribution in [0.4, 0.5) is 5.82 Å². The second kappa shape index (κ2) is 6.84. The molecule has 24 heavy (non-hydrogen) atoms. The molecule has 2 aromatic rings. The number of carbonyl (C=O) groups is 1. The second-order valence-corrected chi connectivity index (χ2v) is 6.69. The van der Waals surface area contributed by atoms with Gasteiger partial charge in [0.05, 0.1) is 16.6 Å². The Hall–Kier alpha value is -2.03. The first-order chi connectivity index (χ1) is 11.5. The van der Waals surface area contributed by atoms with Gasteiger partial charge in [0.1, 0.15) is 11.6 Å². The molecule has 0 aromatic carbocycles. The summed E-state index contributed by atoms with van der Waals surface area (Å²) in [5.41, 5.74) is 0.387. The van der Waals surface area contributed by atoms with E-state index < -0.39 is 5.97 Å². The molecule has 0 amide bonds. The molecule has 1 aliphatic rings. The van der Waals surface area contributed by atoms with E-state index in [0.29, 0.717) is 40.6 Å². The molecule has 0 saturated heterocycles. The summed E-state index contributed by atoms with van der Waals surface area (Å²) in [6.07, 6.45) is 3.62. The number of aliphatic carboxylic acids is 1. The summed E-state index contributed by atoms with van der Waals surface area (Å²) in [7, 11) is 0. The molecule has 0 atom stereocenters. The van der Waals surface area contributed by atoms with Crippen LogP contribution in [0.1, 0.15) is 44.0 Å². The zero-order valence-electron chi connectivity index (χ0n) is 13.3. The highest BCUT2D eigenvalue weighted by Crippen LogP contribution is 2.28. The van der Waals surface area contributed by atoms with Crippen LogP contribution in [-0.4, -0.2) is 34.9 Å². The lowest BCUT2D eigenvalue weighted by Crippen LogP contribution is -2.24.